The third-order valence-electron chi connectivity index (χ3n) is 4.94. The standard InChI is InChI=1S/C23H24N4O3/c1-14-16-12-15(29-5)9-10-17(16)30-21(14)22(28)25-20-13-18(23(2,3)4)26-27(20)19-8-6-7-11-24-19/h6-13H,1-5H3,(H,25,28). The molecule has 0 aliphatic carbocycles. The average Bonchev–Trinajstić information content (AvgIpc) is 3.30. The molecule has 154 valence electrons. The average molecular weight is 404 g/mol. The number of nitrogens with one attached hydrogen (secondary N) is 1. The predicted molar refractivity (Wildman–Crippen MR) is 116 cm³/mol. The zero-order valence-electron chi connectivity index (χ0n) is 17.7. The Hall–Kier alpha value is -3.61. The summed E-state index contributed by atoms with van der Waals surface area (Å²) in [4.78, 5) is 17.5. The Morgan fingerprint density at radius 3 is 2.63 bits per heavy atom. The third-order valence-corrected chi connectivity index (χ3v) is 4.94. The second-order valence-electron chi connectivity index (χ2n) is 8.14. The molecule has 0 saturated carbocycles. The highest BCUT2D eigenvalue weighted by atomic mass is 16.5. The van der Waals surface area contributed by atoms with Crippen molar-refractivity contribution in [2.75, 3.05) is 12.4 Å². The summed E-state index contributed by atoms with van der Waals surface area (Å²) in [6.45, 7) is 8.07. The molecular weight excluding hydrogens is 380 g/mol. The molecule has 1 amide bonds. The third kappa shape index (κ3) is 3.54. The van der Waals surface area contributed by atoms with Gasteiger partial charge in [-0.1, -0.05) is 26.8 Å². The molecule has 0 fully saturated rings. The largest absolute Gasteiger partial charge is 0.497 e. The number of furan rings is 1. The van der Waals surface area contributed by atoms with E-state index in [0.29, 0.717) is 23.0 Å². The van der Waals surface area contributed by atoms with Crippen LogP contribution < -0.4 is 10.1 Å². The van der Waals surface area contributed by atoms with E-state index in [4.69, 9.17) is 9.15 Å². The lowest BCUT2D eigenvalue weighted by molar-refractivity contribution is 0.0997. The summed E-state index contributed by atoms with van der Waals surface area (Å²) in [5.74, 6) is 1.77. The normalized spacial score (nSPS) is 11.6. The Kier molecular flexibility index (Phi) is 4.81. The lowest BCUT2D eigenvalue weighted by atomic mass is 9.92. The van der Waals surface area contributed by atoms with Crippen molar-refractivity contribution < 1.29 is 13.9 Å². The van der Waals surface area contributed by atoms with E-state index >= 15 is 0 Å². The number of anilines is 1. The van der Waals surface area contributed by atoms with Gasteiger partial charge in [-0.05, 0) is 37.3 Å². The second-order valence-corrected chi connectivity index (χ2v) is 8.14. The number of carbonyl (C=O) groups excluding carboxylic acids is 1. The van der Waals surface area contributed by atoms with Crippen LogP contribution in [0.25, 0.3) is 16.8 Å². The van der Waals surface area contributed by atoms with Gasteiger partial charge in [0, 0.05) is 28.6 Å². The summed E-state index contributed by atoms with van der Waals surface area (Å²) in [6, 6.07) is 12.9. The Balaban J connectivity index is 1.74. The number of amides is 1. The Morgan fingerprint density at radius 1 is 1.17 bits per heavy atom. The highest BCUT2D eigenvalue weighted by Gasteiger charge is 2.24. The summed E-state index contributed by atoms with van der Waals surface area (Å²) in [5.41, 5.74) is 2.04. The van der Waals surface area contributed by atoms with Gasteiger partial charge in [-0.15, -0.1) is 0 Å². The van der Waals surface area contributed by atoms with E-state index < -0.39 is 0 Å². The number of pyridine rings is 1. The Bertz CT molecular complexity index is 1220. The highest BCUT2D eigenvalue weighted by Crippen LogP contribution is 2.30. The summed E-state index contributed by atoms with van der Waals surface area (Å²) in [6.07, 6.45) is 1.69. The SMILES string of the molecule is COc1ccc2oc(C(=O)Nc3cc(C(C)(C)C)nn3-c3ccccn3)c(C)c2c1. The molecule has 1 N–H and O–H groups in total. The van der Waals surface area contributed by atoms with Crippen molar-refractivity contribution >= 4 is 22.7 Å². The number of methoxy groups -OCH3 is 1. The zero-order valence-corrected chi connectivity index (χ0v) is 17.7. The van der Waals surface area contributed by atoms with Crippen LogP contribution in [0.4, 0.5) is 5.82 Å². The lowest BCUT2D eigenvalue weighted by Crippen LogP contribution is -2.16. The van der Waals surface area contributed by atoms with Gasteiger partial charge < -0.3 is 14.5 Å². The van der Waals surface area contributed by atoms with Crippen LogP contribution in [0.1, 0.15) is 42.6 Å². The van der Waals surface area contributed by atoms with Crippen LogP contribution in [-0.4, -0.2) is 27.8 Å². The van der Waals surface area contributed by atoms with Gasteiger partial charge in [0.2, 0.25) is 0 Å². The minimum absolute atomic E-state index is 0.189. The van der Waals surface area contributed by atoms with Gasteiger partial charge in [0.25, 0.3) is 5.91 Å². The van der Waals surface area contributed by atoms with Crippen LogP contribution in [0, 0.1) is 6.92 Å². The summed E-state index contributed by atoms with van der Waals surface area (Å²) < 4.78 is 12.8. The number of carbonyl (C=O) groups is 1. The molecule has 0 unspecified atom stereocenters. The first-order valence-corrected chi connectivity index (χ1v) is 9.68. The number of fused-ring (bicyclic) bond motifs is 1. The molecule has 3 aromatic heterocycles. The molecule has 3 heterocycles. The summed E-state index contributed by atoms with van der Waals surface area (Å²) in [7, 11) is 1.61. The molecule has 0 aliphatic heterocycles. The molecule has 0 spiro atoms. The van der Waals surface area contributed by atoms with E-state index in [1.165, 1.54) is 0 Å². The first kappa shape index (κ1) is 19.7. The first-order valence-electron chi connectivity index (χ1n) is 9.68. The fourth-order valence-electron chi connectivity index (χ4n) is 3.21. The molecule has 0 aliphatic rings. The van der Waals surface area contributed by atoms with Crippen LogP contribution in [0.2, 0.25) is 0 Å². The van der Waals surface area contributed by atoms with Crippen LogP contribution in [0.15, 0.2) is 53.1 Å². The first-order chi connectivity index (χ1) is 14.3. The number of hydrogen-bond donors (Lipinski definition) is 1. The fourth-order valence-corrected chi connectivity index (χ4v) is 3.21. The van der Waals surface area contributed by atoms with E-state index in [-0.39, 0.29) is 17.1 Å². The van der Waals surface area contributed by atoms with Gasteiger partial charge in [0.05, 0.1) is 12.8 Å². The number of ether oxygens (including phenoxy) is 1. The molecule has 30 heavy (non-hydrogen) atoms. The van der Waals surface area contributed by atoms with Crippen molar-refractivity contribution in [2.45, 2.75) is 33.1 Å². The quantitative estimate of drug-likeness (QED) is 0.524. The molecule has 4 rings (SSSR count). The molecule has 0 saturated heterocycles. The fraction of sp³-hybridized carbons (Fsp3) is 0.261. The van der Waals surface area contributed by atoms with Gasteiger partial charge in [0.1, 0.15) is 17.2 Å². The van der Waals surface area contributed by atoms with E-state index in [2.05, 4.69) is 36.2 Å². The van der Waals surface area contributed by atoms with Gasteiger partial charge >= 0.3 is 0 Å². The number of benzene rings is 1. The van der Waals surface area contributed by atoms with E-state index in [9.17, 15) is 4.79 Å². The van der Waals surface area contributed by atoms with Gasteiger partial charge in [-0.3, -0.25) is 4.79 Å². The number of hydrogen-bond acceptors (Lipinski definition) is 5. The van der Waals surface area contributed by atoms with E-state index in [1.54, 1.807) is 30.1 Å². The van der Waals surface area contributed by atoms with Crippen LogP contribution >= 0.6 is 0 Å². The van der Waals surface area contributed by atoms with Crippen molar-refractivity contribution in [2.24, 2.45) is 0 Å². The van der Waals surface area contributed by atoms with E-state index in [1.807, 2.05) is 37.3 Å². The molecule has 1 aromatic carbocycles. The van der Waals surface area contributed by atoms with Gasteiger partial charge in [-0.2, -0.15) is 9.78 Å². The number of aryl methyl sites for hydroxylation is 1. The van der Waals surface area contributed by atoms with Crippen molar-refractivity contribution in [1.29, 1.82) is 0 Å². The van der Waals surface area contributed by atoms with Crippen LogP contribution in [0.3, 0.4) is 0 Å². The molecule has 0 radical (unpaired) electrons. The maximum absolute atomic E-state index is 13.1. The minimum Gasteiger partial charge on any atom is -0.497 e. The Labute approximate surface area is 174 Å². The molecule has 7 nitrogen and oxygen atoms in total. The molecule has 7 heteroatoms. The second kappa shape index (κ2) is 7.33. The number of aromatic nitrogens is 3. The topological polar surface area (TPSA) is 82.2 Å². The lowest BCUT2D eigenvalue weighted by Gasteiger charge is -2.13. The minimum atomic E-state index is -0.347. The zero-order chi connectivity index (χ0) is 21.5. The molecule has 4 aromatic rings. The maximum Gasteiger partial charge on any atom is 0.292 e. The summed E-state index contributed by atoms with van der Waals surface area (Å²) in [5, 5.41) is 8.46. The van der Waals surface area contributed by atoms with Crippen LogP contribution in [0.5, 0.6) is 5.75 Å². The van der Waals surface area contributed by atoms with Gasteiger partial charge in [-0.25, -0.2) is 4.98 Å². The summed E-state index contributed by atoms with van der Waals surface area (Å²) >= 11 is 0. The van der Waals surface area contributed by atoms with Crippen LogP contribution in [-0.2, 0) is 5.41 Å². The highest BCUT2D eigenvalue weighted by molar-refractivity contribution is 6.06. The van der Waals surface area contributed by atoms with Crippen molar-refractivity contribution in [3.8, 4) is 11.6 Å². The van der Waals surface area contributed by atoms with Crippen molar-refractivity contribution in [3.63, 3.8) is 0 Å². The number of rotatable bonds is 4. The predicted octanol–water partition coefficient (Wildman–Crippen LogP) is 4.88. The van der Waals surface area contributed by atoms with Crippen molar-refractivity contribution in [1.82, 2.24) is 14.8 Å². The van der Waals surface area contributed by atoms with E-state index in [0.717, 1.165) is 16.6 Å². The Morgan fingerprint density at radius 2 is 1.97 bits per heavy atom. The smallest absolute Gasteiger partial charge is 0.292 e. The molecule has 0 bridgehead atoms. The van der Waals surface area contributed by atoms with Gasteiger partial charge in [0.15, 0.2) is 11.6 Å². The maximum atomic E-state index is 13.1. The monoisotopic (exact) mass is 404 g/mol. The number of nitrogens with zero attached hydrogens (tertiary/aromatic N) is 3. The molecule has 0 atom stereocenters. The molecular formula is C23H24N4O3. The van der Waals surface area contributed by atoms with Crippen molar-refractivity contribution in [3.05, 3.63) is 65.7 Å².